The van der Waals surface area contributed by atoms with Gasteiger partial charge in [-0.3, -0.25) is 9.78 Å². The summed E-state index contributed by atoms with van der Waals surface area (Å²) in [5, 5.41) is 11.5. The van der Waals surface area contributed by atoms with Crippen LogP contribution in [0.2, 0.25) is 0 Å². The van der Waals surface area contributed by atoms with Crippen LogP contribution in [0.4, 0.5) is 8.78 Å². The smallest absolute Gasteiger partial charge is 0.280 e. The van der Waals surface area contributed by atoms with E-state index in [1.54, 1.807) is 24.8 Å². The molecular formula is C25H23F2N9OS. The van der Waals surface area contributed by atoms with Crippen LogP contribution in [-0.2, 0) is 0 Å². The van der Waals surface area contributed by atoms with Crippen molar-refractivity contribution in [2.24, 2.45) is 0 Å². The molecule has 0 aromatic carbocycles. The Bertz CT molecular complexity index is 1600. The lowest BCUT2D eigenvalue weighted by Gasteiger charge is -2.32. The molecule has 2 atom stereocenters. The average Bonchev–Trinajstić information content (AvgIpc) is 3.69. The molecule has 1 amide bonds. The van der Waals surface area contributed by atoms with Gasteiger partial charge in [-0.2, -0.15) is 10.2 Å². The zero-order chi connectivity index (χ0) is 26.2. The number of carbonyl (C=O) groups excluding carboxylic acids is 1. The highest BCUT2D eigenvalue weighted by Gasteiger charge is 2.30. The number of nitrogens with one attached hydrogen (secondary N) is 1. The third-order valence-corrected chi connectivity index (χ3v) is 7.69. The number of fused-ring (bicyclic) bond motifs is 1. The standard InChI is InChI=1S/C25H23F2N9OS/c1-14-4-3-7-28-21(14)23-34-17-12-29-20(36-31-8-9-32-36)11-18(17)35(23)16-6-2-5-15(10-16)33-24(37)25-30-13-19(38-25)22(26)27/h3-4,7-9,11-13,15-16,22H,2,5-6,10H2,1H3,(H,33,37). The second-order valence-electron chi connectivity index (χ2n) is 9.18. The van der Waals surface area contributed by atoms with Crippen molar-refractivity contribution in [1.29, 1.82) is 0 Å². The highest BCUT2D eigenvalue weighted by atomic mass is 32.1. The number of pyridine rings is 2. The van der Waals surface area contributed by atoms with Gasteiger partial charge in [-0.1, -0.05) is 6.07 Å². The number of carbonyl (C=O) groups is 1. The van der Waals surface area contributed by atoms with Crippen molar-refractivity contribution in [3.8, 4) is 17.3 Å². The van der Waals surface area contributed by atoms with Crippen molar-refractivity contribution in [2.45, 2.75) is 51.1 Å². The number of alkyl halides is 2. The van der Waals surface area contributed by atoms with Gasteiger partial charge < -0.3 is 9.88 Å². The van der Waals surface area contributed by atoms with Gasteiger partial charge in [0, 0.05) is 30.5 Å². The molecular weight excluding hydrogens is 512 g/mol. The maximum Gasteiger partial charge on any atom is 0.280 e. The number of nitrogens with zero attached hydrogens (tertiary/aromatic N) is 8. The maximum absolute atomic E-state index is 13.0. The normalized spacial score (nSPS) is 17.8. The number of imidazole rings is 1. The summed E-state index contributed by atoms with van der Waals surface area (Å²) in [7, 11) is 0. The topological polar surface area (TPSA) is 116 Å². The Hall–Kier alpha value is -4.13. The predicted molar refractivity (Wildman–Crippen MR) is 136 cm³/mol. The molecule has 1 saturated carbocycles. The van der Waals surface area contributed by atoms with Gasteiger partial charge in [0.25, 0.3) is 12.3 Å². The molecule has 1 aliphatic rings. The van der Waals surface area contributed by atoms with Gasteiger partial charge in [0.1, 0.15) is 11.2 Å². The van der Waals surface area contributed by atoms with Gasteiger partial charge in [0.2, 0.25) is 0 Å². The van der Waals surface area contributed by atoms with Gasteiger partial charge >= 0.3 is 0 Å². The Morgan fingerprint density at radius 1 is 1.13 bits per heavy atom. The first-order chi connectivity index (χ1) is 18.5. The molecule has 38 heavy (non-hydrogen) atoms. The Morgan fingerprint density at radius 2 is 1.97 bits per heavy atom. The molecule has 1 N–H and O–H groups in total. The summed E-state index contributed by atoms with van der Waals surface area (Å²) in [6.45, 7) is 1.99. The van der Waals surface area contributed by atoms with Crippen LogP contribution in [0.1, 0.15) is 58.4 Å². The SMILES string of the molecule is Cc1cccnc1-c1nc2cnc(-n3nccn3)cc2n1C1CCCC(NC(=O)c2ncc(C(F)F)s2)C1. The minimum Gasteiger partial charge on any atom is -0.347 e. The van der Waals surface area contributed by atoms with E-state index in [0.717, 1.165) is 64.9 Å². The van der Waals surface area contributed by atoms with E-state index in [1.165, 1.54) is 4.80 Å². The van der Waals surface area contributed by atoms with Crippen LogP contribution in [0.3, 0.4) is 0 Å². The van der Waals surface area contributed by atoms with Crippen LogP contribution in [0, 0.1) is 6.92 Å². The minimum atomic E-state index is -2.65. The fourth-order valence-corrected chi connectivity index (χ4v) is 5.63. The minimum absolute atomic E-state index is 0.00390. The molecule has 0 aliphatic heterocycles. The Morgan fingerprint density at radius 3 is 2.74 bits per heavy atom. The molecule has 2 unspecified atom stereocenters. The molecule has 1 aliphatic carbocycles. The molecule has 0 bridgehead atoms. The highest BCUT2D eigenvalue weighted by molar-refractivity contribution is 7.13. The number of halogens is 2. The first kappa shape index (κ1) is 24.2. The van der Waals surface area contributed by atoms with Crippen molar-refractivity contribution < 1.29 is 13.6 Å². The van der Waals surface area contributed by atoms with Crippen molar-refractivity contribution in [1.82, 2.24) is 44.8 Å². The van der Waals surface area contributed by atoms with Crippen molar-refractivity contribution >= 4 is 28.3 Å². The van der Waals surface area contributed by atoms with E-state index < -0.39 is 12.3 Å². The first-order valence-corrected chi connectivity index (χ1v) is 13.0. The first-order valence-electron chi connectivity index (χ1n) is 12.2. The Balaban J connectivity index is 1.36. The van der Waals surface area contributed by atoms with Gasteiger partial charge in [-0.25, -0.2) is 23.7 Å². The lowest BCUT2D eigenvalue weighted by atomic mass is 9.90. The van der Waals surface area contributed by atoms with E-state index in [9.17, 15) is 13.6 Å². The van der Waals surface area contributed by atoms with Crippen molar-refractivity contribution in [3.63, 3.8) is 0 Å². The quantitative estimate of drug-likeness (QED) is 0.335. The summed E-state index contributed by atoms with van der Waals surface area (Å²) in [5.74, 6) is 0.858. The fourth-order valence-electron chi connectivity index (χ4n) is 4.96. The molecule has 194 valence electrons. The fraction of sp³-hybridized carbons (Fsp3) is 0.320. The van der Waals surface area contributed by atoms with Crippen LogP contribution in [0.5, 0.6) is 0 Å². The van der Waals surface area contributed by atoms with Gasteiger partial charge in [0.05, 0.1) is 29.0 Å². The predicted octanol–water partition coefficient (Wildman–Crippen LogP) is 4.69. The number of hydrogen-bond acceptors (Lipinski definition) is 8. The van der Waals surface area contributed by atoms with Gasteiger partial charge in [0.15, 0.2) is 16.6 Å². The van der Waals surface area contributed by atoms with Crippen LogP contribution in [0.15, 0.2) is 49.2 Å². The molecule has 0 radical (unpaired) electrons. The van der Waals surface area contributed by atoms with Crippen LogP contribution in [-0.4, -0.2) is 51.4 Å². The number of aromatic nitrogens is 8. The number of aryl methyl sites for hydroxylation is 1. The summed E-state index contributed by atoms with van der Waals surface area (Å²) < 4.78 is 28.1. The zero-order valence-electron chi connectivity index (χ0n) is 20.3. The zero-order valence-corrected chi connectivity index (χ0v) is 21.1. The van der Waals surface area contributed by atoms with Crippen LogP contribution < -0.4 is 5.32 Å². The molecule has 0 saturated heterocycles. The molecule has 5 heterocycles. The molecule has 10 nitrogen and oxygen atoms in total. The number of hydrogen-bond donors (Lipinski definition) is 1. The second-order valence-corrected chi connectivity index (χ2v) is 10.2. The number of thiazole rings is 1. The molecule has 5 aromatic rings. The molecule has 6 rings (SSSR count). The summed E-state index contributed by atoms with van der Waals surface area (Å²) in [6, 6.07) is 5.65. The van der Waals surface area contributed by atoms with E-state index in [2.05, 4.69) is 35.0 Å². The van der Waals surface area contributed by atoms with Crippen LogP contribution >= 0.6 is 11.3 Å². The molecule has 0 spiro atoms. The lowest BCUT2D eigenvalue weighted by Crippen LogP contribution is -2.39. The van der Waals surface area contributed by atoms with Crippen LogP contribution in [0.25, 0.3) is 28.4 Å². The lowest BCUT2D eigenvalue weighted by molar-refractivity contribution is 0.0920. The number of rotatable bonds is 6. The summed E-state index contributed by atoms with van der Waals surface area (Å²) in [4.78, 5) is 32.0. The van der Waals surface area contributed by atoms with E-state index in [-0.39, 0.29) is 22.0 Å². The van der Waals surface area contributed by atoms with Crippen molar-refractivity contribution in [3.05, 3.63) is 64.6 Å². The van der Waals surface area contributed by atoms with E-state index >= 15 is 0 Å². The number of amides is 1. The Kier molecular flexibility index (Phi) is 6.35. The highest BCUT2D eigenvalue weighted by Crippen LogP contribution is 2.37. The average molecular weight is 536 g/mol. The van der Waals surface area contributed by atoms with E-state index in [0.29, 0.717) is 12.2 Å². The molecule has 5 aromatic heterocycles. The van der Waals surface area contributed by atoms with Gasteiger partial charge in [-0.05, 0) is 44.2 Å². The van der Waals surface area contributed by atoms with E-state index in [4.69, 9.17) is 4.98 Å². The van der Waals surface area contributed by atoms with Crippen molar-refractivity contribution in [2.75, 3.05) is 0 Å². The summed E-state index contributed by atoms with van der Waals surface area (Å²) in [5.41, 5.74) is 3.35. The second kappa shape index (κ2) is 9.97. The third kappa shape index (κ3) is 4.53. The molecule has 1 fully saturated rings. The molecule has 13 heteroatoms. The maximum atomic E-state index is 13.0. The van der Waals surface area contributed by atoms with Gasteiger partial charge in [-0.15, -0.1) is 16.1 Å². The largest absolute Gasteiger partial charge is 0.347 e. The third-order valence-electron chi connectivity index (χ3n) is 6.69. The summed E-state index contributed by atoms with van der Waals surface area (Å²) in [6.07, 6.45) is 8.22. The summed E-state index contributed by atoms with van der Waals surface area (Å²) >= 11 is 0.722. The van der Waals surface area contributed by atoms with E-state index in [1.807, 2.05) is 25.1 Å². The Labute approximate surface area is 219 Å². The monoisotopic (exact) mass is 535 g/mol.